The first-order chi connectivity index (χ1) is 18.9. The van der Waals surface area contributed by atoms with Gasteiger partial charge in [0, 0.05) is 24.5 Å². The molecule has 0 radical (unpaired) electrons. The van der Waals surface area contributed by atoms with Gasteiger partial charge < -0.3 is 44.1 Å². The van der Waals surface area contributed by atoms with Crippen molar-refractivity contribution in [3.63, 3.8) is 0 Å². The minimum Gasteiger partial charge on any atom is -0.458 e. The smallest absolute Gasteiger partial charge is 0.331 e. The van der Waals surface area contributed by atoms with Crippen LogP contribution in [0.2, 0.25) is 0 Å². The summed E-state index contributed by atoms with van der Waals surface area (Å²) in [6.07, 6.45) is 1.17. The molecule has 15 atom stereocenters. The number of carbonyl (C=O) groups is 1. The number of hydrogen-bond acceptors (Lipinski definition) is 10. The van der Waals surface area contributed by atoms with Gasteiger partial charge in [-0.1, -0.05) is 13.8 Å². The van der Waals surface area contributed by atoms with Gasteiger partial charge in [0.05, 0.1) is 24.4 Å². The molecular weight excluding hydrogens is 520 g/mol. The molecule has 3 aliphatic heterocycles. The van der Waals surface area contributed by atoms with Crippen LogP contribution >= 0.6 is 0 Å². The number of rotatable bonds is 4. The number of cyclic esters (lactones) is 1. The molecule has 0 aromatic rings. The molecule has 0 aromatic heterocycles. The van der Waals surface area contributed by atoms with Gasteiger partial charge in [-0.05, 0) is 74.7 Å². The quantitative estimate of drug-likeness (QED) is 0.223. The minimum absolute atomic E-state index is 0.0350. The van der Waals surface area contributed by atoms with Crippen molar-refractivity contribution < 1.29 is 48.9 Å². The first kappa shape index (κ1) is 27.7. The topological polar surface area (TPSA) is 147 Å². The highest BCUT2D eigenvalue weighted by Gasteiger charge is 2.86. The molecular formula is C30H44O10. The highest BCUT2D eigenvalue weighted by molar-refractivity contribution is 5.85. The van der Waals surface area contributed by atoms with Crippen LogP contribution in [0.3, 0.4) is 0 Å². The van der Waals surface area contributed by atoms with E-state index in [0.717, 1.165) is 37.7 Å². The van der Waals surface area contributed by atoms with E-state index in [1.54, 1.807) is 13.0 Å². The van der Waals surface area contributed by atoms with Crippen LogP contribution in [-0.2, 0) is 28.5 Å². The summed E-state index contributed by atoms with van der Waals surface area (Å²) < 4.78 is 29.3. The number of methoxy groups -OCH3 is 1. The van der Waals surface area contributed by atoms with E-state index >= 15 is 0 Å². The van der Waals surface area contributed by atoms with Gasteiger partial charge in [-0.2, -0.15) is 0 Å². The van der Waals surface area contributed by atoms with Crippen LogP contribution in [0.15, 0.2) is 11.6 Å². The molecule has 0 amide bonds. The number of carbonyl (C=O) groups excluding carboxylic acids is 1. The molecule has 3 heterocycles. The normalized spacial score (nSPS) is 58.8. The number of ether oxygens (including phenoxy) is 5. The summed E-state index contributed by atoms with van der Waals surface area (Å²) in [5, 5.41) is 45.6. The summed E-state index contributed by atoms with van der Waals surface area (Å²) in [6.45, 7) is 6.32. The molecule has 7 rings (SSSR count). The van der Waals surface area contributed by atoms with E-state index in [1.807, 2.05) is 0 Å². The van der Waals surface area contributed by atoms with Gasteiger partial charge in [-0.15, -0.1) is 0 Å². The monoisotopic (exact) mass is 564 g/mol. The van der Waals surface area contributed by atoms with Crippen LogP contribution in [0, 0.1) is 28.6 Å². The van der Waals surface area contributed by atoms with Crippen molar-refractivity contribution in [1.82, 2.24) is 0 Å². The molecule has 0 aromatic carbocycles. The van der Waals surface area contributed by atoms with Crippen LogP contribution in [-0.4, -0.2) is 100 Å². The first-order valence-electron chi connectivity index (χ1n) is 15.0. The van der Waals surface area contributed by atoms with Crippen LogP contribution in [0.4, 0.5) is 0 Å². The van der Waals surface area contributed by atoms with E-state index in [2.05, 4.69) is 13.8 Å². The van der Waals surface area contributed by atoms with Gasteiger partial charge in [0.25, 0.3) is 0 Å². The molecule has 0 bridgehead atoms. The van der Waals surface area contributed by atoms with Crippen molar-refractivity contribution in [1.29, 1.82) is 0 Å². The summed E-state index contributed by atoms with van der Waals surface area (Å²) in [5.41, 5.74) is -1.84. The molecule has 4 saturated carbocycles. The lowest BCUT2D eigenvalue weighted by Gasteiger charge is -2.63. The molecule has 2 saturated heterocycles. The Morgan fingerprint density at radius 3 is 2.55 bits per heavy atom. The fourth-order valence-corrected chi connectivity index (χ4v) is 10.6. The second kappa shape index (κ2) is 8.95. The number of fused-ring (bicyclic) bond motifs is 3. The van der Waals surface area contributed by atoms with Gasteiger partial charge in [0.15, 0.2) is 6.29 Å². The second-order valence-electron chi connectivity index (χ2n) is 14.2. The number of hydrogen-bond donors (Lipinski definition) is 4. The number of esters is 1. The highest BCUT2D eigenvalue weighted by Crippen LogP contribution is 2.77. The maximum Gasteiger partial charge on any atom is 0.331 e. The zero-order valence-electron chi connectivity index (χ0n) is 23.8. The molecule has 7 aliphatic rings. The second-order valence-corrected chi connectivity index (χ2v) is 14.2. The predicted molar refractivity (Wildman–Crippen MR) is 139 cm³/mol. The molecule has 40 heavy (non-hydrogen) atoms. The third-order valence-electron chi connectivity index (χ3n) is 12.6. The Labute approximate surface area is 234 Å². The molecule has 4 aliphatic carbocycles. The molecule has 10 heteroatoms. The fraction of sp³-hybridized carbons (Fsp3) is 0.900. The molecule has 224 valence electrons. The van der Waals surface area contributed by atoms with E-state index in [9.17, 15) is 25.2 Å². The van der Waals surface area contributed by atoms with Crippen molar-refractivity contribution in [2.45, 2.75) is 126 Å². The molecule has 1 spiro atoms. The van der Waals surface area contributed by atoms with E-state index in [1.165, 1.54) is 7.11 Å². The van der Waals surface area contributed by atoms with Gasteiger partial charge in [0.2, 0.25) is 0 Å². The SMILES string of the molecule is COC1C(O)[C@H](O[C@@H]2CC[C@]3(C)C4C(O)C[C@]5(C)[C@@H](C6=CC(=O)OC6)CC[C@]5(O)C45OC5C[C@@H]3C2)OC(C)[C@@H]1O. The highest BCUT2D eigenvalue weighted by atomic mass is 16.7. The Bertz CT molecular complexity index is 1100. The van der Waals surface area contributed by atoms with Gasteiger partial charge in [-0.25, -0.2) is 4.79 Å². The maximum absolute atomic E-state index is 12.6. The molecule has 4 N–H and O–H groups in total. The molecule has 7 unspecified atom stereocenters. The summed E-state index contributed by atoms with van der Waals surface area (Å²) in [5.74, 6) is -0.362. The summed E-state index contributed by atoms with van der Waals surface area (Å²) in [7, 11) is 1.46. The zero-order chi connectivity index (χ0) is 28.4. The Morgan fingerprint density at radius 2 is 1.85 bits per heavy atom. The van der Waals surface area contributed by atoms with Gasteiger partial charge in [0.1, 0.15) is 36.1 Å². The van der Waals surface area contributed by atoms with Crippen molar-refractivity contribution in [3.8, 4) is 0 Å². The van der Waals surface area contributed by atoms with Crippen molar-refractivity contribution >= 4 is 5.97 Å². The summed E-state index contributed by atoms with van der Waals surface area (Å²) in [4.78, 5) is 11.9. The lowest BCUT2D eigenvalue weighted by Crippen LogP contribution is -2.72. The largest absolute Gasteiger partial charge is 0.458 e. The van der Waals surface area contributed by atoms with E-state index in [4.69, 9.17) is 23.7 Å². The van der Waals surface area contributed by atoms with Crippen LogP contribution in [0.1, 0.15) is 65.7 Å². The van der Waals surface area contributed by atoms with Crippen molar-refractivity contribution in [3.05, 3.63) is 11.6 Å². The standard InChI is InChI=1S/C30H44O10/c1-14-22(33)24(36-4)23(34)26(38-14)39-17-5-7-27(2)16(10-17)11-20-30(40-20)25(27)19(31)12-28(3)18(6-8-29(28,30)35)15-9-21(32)37-13-15/h9,14,16-20,22-26,31,33-35H,5-8,10-13H2,1-4H3/t14?,16-,17+,18+,19?,20?,22-,23?,24?,25?,26-,27-,28+,29+,30?/m0/s1. The Kier molecular flexibility index (Phi) is 6.20. The van der Waals surface area contributed by atoms with Crippen LogP contribution < -0.4 is 0 Å². The lowest BCUT2D eigenvalue weighted by molar-refractivity contribution is -0.313. The van der Waals surface area contributed by atoms with Crippen molar-refractivity contribution in [2.24, 2.45) is 28.6 Å². The van der Waals surface area contributed by atoms with E-state index in [-0.39, 0.29) is 48.0 Å². The Morgan fingerprint density at radius 1 is 1.07 bits per heavy atom. The lowest BCUT2D eigenvalue weighted by atomic mass is 9.42. The fourth-order valence-electron chi connectivity index (χ4n) is 10.6. The van der Waals surface area contributed by atoms with E-state index < -0.39 is 53.4 Å². The number of aliphatic hydroxyl groups is 4. The average Bonchev–Trinajstić information content (AvgIpc) is 3.34. The Balaban J connectivity index is 1.12. The first-order valence-corrected chi connectivity index (χ1v) is 15.0. The third kappa shape index (κ3) is 3.42. The number of aliphatic hydroxyl groups excluding tert-OH is 3. The third-order valence-corrected chi connectivity index (χ3v) is 12.6. The average molecular weight is 565 g/mol. The van der Waals surface area contributed by atoms with E-state index in [0.29, 0.717) is 12.8 Å². The molecule has 6 fully saturated rings. The summed E-state index contributed by atoms with van der Waals surface area (Å²) >= 11 is 0. The van der Waals surface area contributed by atoms with Crippen LogP contribution in [0.25, 0.3) is 0 Å². The van der Waals surface area contributed by atoms with Crippen molar-refractivity contribution in [2.75, 3.05) is 13.7 Å². The molecule has 10 nitrogen and oxygen atoms in total. The Hall–Kier alpha value is -1.11. The van der Waals surface area contributed by atoms with Crippen LogP contribution in [0.5, 0.6) is 0 Å². The maximum atomic E-state index is 12.6. The zero-order valence-corrected chi connectivity index (χ0v) is 23.8. The summed E-state index contributed by atoms with van der Waals surface area (Å²) in [6, 6.07) is 0. The number of epoxide rings is 1. The minimum atomic E-state index is -1.10. The van der Waals surface area contributed by atoms with Gasteiger partial charge >= 0.3 is 5.97 Å². The predicted octanol–water partition coefficient (Wildman–Crippen LogP) is 1.21. The van der Waals surface area contributed by atoms with Gasteiger partial charge in [-0.3, -0.25) is 0 Å².